The van der Waals surface area contributed by atoms with Crippen LogP contribution in [0.15, 0.2) is 0 Å². The van der Waals surface area contributed by atoms with E-state index >= 15 is 0 Å². The third-order valence-electron chi connectivity index (χ3n) is 4.19. The van der Waals surface area contributed by atoms with Crippen LogP contribution in [0, 0.1) is 11.8 Å². The summed E-state index contributed by atoms with van der Waals surface area (Å²) in [6.45, 7) is 4.82. The van der Waals surface area contributed by atoms with E-state index in [2.05, 4.69) is 4.90 Å². The molecule has 1 heterocycles. The molecule has 0 aromatic heterocycles. The fraction of sp³-hybridized carbons (Fsp3) is 1.00. The van der Waals surface area contributed by atoms with E-state index in [1.807, 2.05) is 0 Å². The normalized spacial score (nSPS) is 30.6. The Kier molecular flexibility index (Phi) is 4.45. The van der Waals surface area contributed by atoms with Crippen molar-refractivity contribution >= 4 is 0 Å². The Bertz CT molecular complexity index is 173. The van der Waals surface area contributed by atoms with Crippen LogP contribution >= 0.6 is 0 Å². The molecule has 2 nitrogen and oxygen atoms in total. The first-order chi connectivity index (χ1) is 7.38. The van der Waals surface area contributed by atoms with Crippen LogP contribution in [-0.4, -0.2) is 31.1 Å². The van der Waals surface area contributed by atoms with E-state index in [1.54, 1.807) is 0 Å². The Hall–Kier alpha value is -0.0800. The molecule has 2 rings (SSSR count). The molecule has 15 heavy (non-hydrogen) atoms. The minimum Gasteiger partial charge on any atom is -0.330 e. The van der Waals surface area contributed by atoms with Crippen molar-refractivity contribution in [2.45, 2.75) is 44.9 Å². The fourth-order valence-electron chi connectivity index (χ4n) is 3.18. The van der Waals surface area contributed by atoms with E-state index in [0.717, 1.165) is 18.4 Å². The van der Waals surface area contributed by atoms with Gasteiger partial charge in [-0.25, -0.2) is 0 Å². The summed E-state index contributed by atoms with van der Waals surface area (Å²) in [5, 5.41) is 0. The van der Waals surface area contributed by atoms with Crippen molar-refractivity contribution in [3.05, 3.63) is 0 Å². The lowest BCUT2D eigenvalue weighted by molar-refractivity contribution is 0.254. The van der Waals surface area contributed by atoms with E-state index in [-0.39, 0.29) is 0 Å². The van der Waals surface area contributed by atoms with Crippen molar-refractivity contribution in [3.8, 4) is 0 Å². The monoisotopic (exact) mass is 210 g/mol. The van der Waals surface area contributed by atoms with Gasteiger partial charge in [-0.2, -0.15) is 0 Å². The van der Waals surface area contributed by atoms with Crippen LogP contribution in [0.1, 0.15) is 44.9 Å². The second-order valence-corrected chi connectivity index (χ2v) is 5.51. The average Bonchev–Trinajstić information content (AvgIpc) is 2.54. The maximum atomic E-state index is 5.73. The molecule has 1 saturated heterocycles. The molecular weight excluding hydrogens is 184 g/mol. The number of hydrogen-bond donors (Lipinski definition) is 1. The summed E-state index contributed by atoms with van der Waals surface area (Å²) in [5.41, 5.74) is 5.73. The van der Waals surface area contributed by atoms with Crippen LogP contribution in [0.5, 0.6) is 0 Å². The van der Waals surface area contributed by atoms with Gasteiger partial charge >= 0.3 is 0 Å². The highest BCUT2D eigenvalue weighted by Gasteiger charge is 2.23. The van der Waals surface area contributed by atoms with E-state index in [1.165, 1.54) is 64.6 Å². The molecule has 1 atom stereocenters. The summed E-state index contributed by atoms with van der Waals surface area (Å²) < 4.78 is 0. The molecule has 1 unspecified atom stereocenters. The standard InChI is InChI=1S/C13H26N2/c14-9-13-7-8-15(11-13)10-12-5-3-1-2-4-6-12/h12-13H,1-11,14H2. The molecule has 1 aliphatic heterocycles. The van der Waals surface area contributed by atoms with Crippen LogP contribution in [0.25, 0.3) is 0 Å². The SMILES string of the molecule is NCC1CCN(CC2CCCCCC2)C1. The van der Waals surface area contributed by atoms with Gasteiger partial charge in [0.2, 0.25) is 0 Å². The summed E-state index contributed by atoms with van der Waals surface area (Å²) in [4.78, 5) is 2.66. The number of nitrogens with zero attached hydrogens (tertiary/aromatic N) is 1. The molecule has 88 valence electrons. The second-order valence-electron chi connectivity index (χ2n) is 5.51. The van der Waals surface area contributed by atoms with Gasteiger partial charge in [-0.3, -0.25) is 0 Å². The first-order valence-electron chi connectivity index (χ1n) is 6.81. The average molecular weight is 210 g/mol. The topological polar surface area (TPSA) is 29.3 Å². The summed E-state index contributed by atoms with van der Waals surface area (Å²) in [6, 6.07) is 0. The molecule has 2 aliphatic rings. The highest BCUT2D eigenvalue weighted by Crippen LogP contribution is 2.25. The van der Waals surface area contributed by atoms with Crippen LogP contribution in [0.3, 0.4) is 0 Å². The third-order valence-corrected chi connectivity index (χ3v) is 4.19. The molecular formula is C13H26N2. The molecule has 2 N–H and O–H groups in total. The Labute approximate surface area is 94.2 Å². The maximum absolute atomic E-state index is 5.73. The Morgan fingerprint density at radius 1 is 0.933 bits per heavy atom. The van der Waals surface area contributed by atoms with E-state index in [0.29, 0.717) is 0 Å². The highest BCUT2D eigenvalue weighted by atomic mass is 15.1. The smallest absolute Gasteiger partial charge is 0.00223 e. The van der Waals surface area contributed by atoms with Gasteiger partial charge in [-0.05, 0) is 44.2 Å². The first-order valence-corrected chi connectivity index (χ1v) is 6.81. The summed E-state index contributed by atoms with van der Waals surface area (Å²) in [6.07, 6.45) is 10.2. The number of hydrogen-bond acceptors (Lipinski definition) is 2. The van der Waals surface area contributed by atoms with Gasteiger partial charge in [-0.1, -0.05) is 25.7 Å². The van der Waals surface area contributed by atoms with Crippen molar-refractivity contribution < 1.29 is 0 Å². The highest BCUT2D eigenvalue weighted by molar-refractivity contribution is 4.78. The maximum Gasteiger partial charge on any atom is 0.00223 e. The fourth-order valence-corrected chi connectivity index (χ4v) is 3.18. The summed E-state index contributed by atoms with van der Waals surface area (Å²) in [5.74, 6) is 1.78. The van der Waals surface area contributed by atoms with Gasteiger partial charge in [0.25, 0.3) is 0 Å². The second kappa shape index (κ2) is 5.86. The zero-order chi connectivity index (χ0) is 10.5. The summed E-state index contributed by atoms with van der Waals surface area (Å²) in [7, 11) is 0. The van der Waals surface area contributed by atoms with Gasteiger partial charge in [0.15, 0.2) is 0 Å². The van der Waals surface area contributed by atoms with Crippen molar-refractivity contribution in [2.24, 2.45) is 17.6 Å². The molecule has 0 spiro atoms. The molecule has 0 aromatic carbocycles. The Balaban J connectivity index is 1.71. The molecule has 0 amide bonds. The predicted octanol–water partition coefficient (Wildman–Crippen LogP) is 2.24. The number of rotatable bonds is 3. The van der Waals surface area contributed by atoms with Gasteiger partial charge in [-0.15, -0.1) is 0 Å². The minimum absolute atomic E-state index is 0.788. The minimum atomic E-state index is 0.788. The Morgan fingerprint density at radius 2 is 1.67 bits per heavy atom. The molecule has 0 aromatic rings. The number of likely N-dealkylation sites (tertiary alicyclic amines) is 1. The van der Waals surface area contributed by atoms with Crippen molar-refractivity contribution in [2.75, 3.05) is 26.2 Å². The molecule has 0 radical (unpaired) electrons. The number of nitrogens with two attached hydrogens (primary N) is 1. The molecule has 2 heteroatoms. The van der Waals surface area contributed by atoms with Crippen molar-refractivity contribution in [3.63, 3.8) is 0 Å². The predicted molar refractivity (Wildman–Crippen MR) is 64.8 cm³/mol. The third kappa shape index (κ3) is 3.46. The largest absolute Gasteiger partial charge is 0.330 e. The van der Waals surface area contributed by atoms with Gasteiger partial charge in [0, 0.05) is 13.1 Å². The lowest BCUT2D eigenvalue weighted by Gasteiger charge is -2.22. The van der Waals surface area contributed by atoms with Gasteiger partial charge in [0.05, 0.1) is 0 Å². The molecule has 2 fully saturated rings. The van der Waals surface area contributed by atoms with Gasteiger partial charge in [0.1, 0.15) is 0 Å². The van der Waals surface area contributed by atoms with Crippen LogP contribution < -0.4 is 5.73 Å². The molecule has 1 saturated carbocycles. The van der Waals surface area contributed by atoms with E-state index in [9.17, 15) is 0 Å². The van der Waals surface area contributed by atoms with Gasteiger partial charge < -0.3 is 10.6 Å². The Morgan fingerprint density at radius 3 is 2.27 bits per heavy atom. The van der Waals surface area contributed by atoms with Crippen LogP contribution in [-0.2, 0) is 0 Å². The summed E-state index contributed by atoms with van der Waals surface area (Å²) >= 11 is 0. The van der Waals surface area contributed by atoms with Crippen molar-refractivity contribution in [1.29, 1.82) is 0 Å². The van der Waals surface area contributed by atoms with E-state index in [4.69, 9.17) is 5.73 Å². The van der Waals surface area contributed by atoms with Crippen LogP contribution in [0.4, 0.5) is 0 Å². The lowest BCUT2D eigenvalue weighted by Crippen LogP contribution is -2.28. The van der Waals surface area contributed by atoms with E-state index < -0.39 is 0 Å². The zero-order valence-corrected chi connectivity index (χ0v) is 9.96. The first kappa shape index (κ1) is 11.4. The lowest BCUT2D eigenvalue weighted by atomic mass is 10.00. The quantitative estimate of drug-likeness (QED) is 0.724. The molecule has 0 bridgehead atoms. The van der Waals surface area contributed by atoms with Crippen molar-refractivity contribution in [1.82, 2.24) is 4.90 Å². The zero-order valence-electron chi connectivity index (χ0n) is 9.96. The van der Waals surface area contributed by atoms with Crippen LogP contribution in [0.2, 0.25) is 0 Å². The molecule has 1 aliphatic carbocycles.